The summed E-state index contributed by atoms with van der Waals surface area (Å²) in [6.45, 7) is 8.03. The Balaban J connectivity index is 1.77. The molecule has 1 heterocycles. The number of aliphatic imine (C=N–C) groups is 1. The quantitative estimate of drug-likeness (QED) is 0.156. The molecular weight excluding hydrogens is 484 g/mol. The molecule has 0 saturated carbocycles. The first kappa shape index (κ1) is 26.5. The molecule has 0 aliphatic carbocycles. The molecule has 2 heteroatoms. The topological polar surface area (TPSA) is 36.2 Å². The van der Waals surface area contributed by atoms with Crippen LogP contribution in [0.4, 0.5) is 0 Å². The van der Waals surface area contributed by atoms with E-state index in [1.54, 1.807) is 13.0 Å². The van der Waals surface area contributed by atoms with Crippen molar-refractivity contribution in [1.82, 2.24) is 0 Å². The van der Waals surface area contributed by atoms with Crippen LogP contribution in [0.25, 0.3) is 43.8 Å². The minimum atomic E-state index is 0.504. The SMILES string of the molecule is C=C(/C=C\C(C)=N)c1cccc(-c2c3ccccc3c(C3=C/C=C\C(C)=N/C=C/C=C/C=C\3)c3ccccc23)c1. The summed E-state index contributed by atoms with van der Waals surface area (Å²) in [7, 11) is 0. The van der Waals surface area contributed by atoms with Crippen LogP contribution in [0.2, 0.25) is 0 Å². The third kappa shape index (κ3) is 5.82. The lowest BCUT2D eigenvalue weighted by atomic mass is 9.85. The van der Waals surface area contributed by atoms with E-state index in [1.165, 1.54) is 32.7 Å². The van der Waals surface area contributed by atoms with Gasteiger partial charge < -0.3 is 5.41 Å². The summed E-state index contributed by atoms with van der Waals surface area (Å²) in [6.07, 6.45) is 22.0. The molecule has 4 aromatic carbocycles. The molecule has 0 saturated heterocycles. The molecule has 0 atom stereocenters. The first-order valence-electron chi connectivity index (χ1n) is 13.4. The molecule has 0 spiro atoms. The van der Waals surface area contributed by atoms with Crippen LogP contribution in [-0.4, -0.2) is 11.4 Å². The van der Waals surface area contributed by atoms with E-state index in [9.17, 15) is 0 Å². The van der Waals surface area contributed by atoms with E-state index in [1.807, 2.05) is 43.5 Å². The van der Waals surface area contributed by atoms with Crippen molar-refractivity contribution in [2.45, 2.75) is 13.8 Å². The Bertz CT molecular complexity index is 1780. The normalized spacial score (nSPS) is 19.6. The lowest BCUT2D eigenvalue weighted by Crippen LogP contribution is -1.93. The Morgan fingerprint density at radius 2 is 1.38 bits per heavy atom. The number of allylic oxidation sites excluding steroid dienone is 12. The van der Waals surface area contributed by atoms with Gasteiger partial charge in [-0.3, -0.25) is 4.99 Å². The summed E-state index contributed by atoms with van der Waals surface area (Å²) in [4.78, 5) is 4.46. The summed E-state index contributed by atoms with van der Waals surface area (Å²) in [6, 6.07) is 25.9. The number of hydrogen-bond donors (Lipinski definition) is 1. The monoisotopic (exact) mass is 516 g/mol. The molecule has 4 aromatic rings. The maximum Gasteiger partial charge on any atom is 0.0372 e. The van der Waals surface area contributed by atoms with Crippen molar-refractivity contribution < 1.29 is 0 Å². The van der Waals surface area contributed by atoms with Crippen molar-refractivity contribution in [3.05, 3.63) is 157 Å². The highest BCUT2D eigenvalue weighted by atomic mass is 14.7. The molecule has 0 unspecified atom stereocenters. The molecular formula is C38H32N2. The van der Waals surface area contributed by atoms with Crippen LogP contribution in [0.1, 0.15) is 25.0 Å². The molecule has 0 radical (unpaired) electrons. The van der Waals surface area contributed by atoms with Crippen LogP contribution >= 0.6 is 0 Å². The van der Waals surface area contributed by atoms with Gasteiger partial charge in [0.15, 0.2) is 0 Å². The second kappa shape index (κ2) is 12.2. The predicted molar refractivity (Wildman–Crippen MR) is 176 cm³/mol. The van der Waals surface area contributed by atoms with Gasteiger partial charge in [0.1, 0.15) is 0 Å². The third-order valence-electron chi connectivity index (χ3n) is 6.86. The Kier molecular flexibility index (Phi) is 8.08. The van der Waals surface area contributed by atoms with Crippen LogP contribution in [0.5, 0.6) is 0 Å². The van der Waals surface area contributed by atoms with E-state index < -0.39 is 0 Å². The number of fused-ring (bicyclic) bond motifs is 2. The summed E-state index contributed by atoms with van der Waals surface area (Å²) >= 11 is 0. The van der Waals surface area contributed by atoms with Crippen molar-refractivity contribution in [3.63, 3.8) is 0 Å². The molecule has 1 aliphatic heterocycles. The van der Waals surface area contributed by atoms with Gasteiger partial charge in [0.2, 0.25) is 0 Å². The van der Waals surface area contributed by atoms with E-state index in [-0.39, 0.29) is 0 Å². The van der Waals surface area contributed by atoms with E-state index in [2.05, 4.69) is 109 Å². The fourth-order valence-corrected chi connectivity index (χ4v) is 5.00. The summed E-state index contributed by atoms with van der Waals surface area (Å²) in [5.41, 5.74) is 8.06. The van der Waals surface area contributed by atoms with Gasteiger partial charge in [0.05, 0.1) is 0 Å². The van der Waals surface area contributed by atoms with Gasteiger partial charge in [-0.05, 0) is 93.1 Å². The Hall–Kier alpha value is -5.08. The highest BCUT2D eigenvalue weighted by Gasteiger charge is 2.17. The number of hydrogen-bond acceptors (Lipinski definition) is 2. The number of nitrogens with zero attached hydrogens (tertiary/aromatic N) is 1. The second-order valence-electron chi connectivity index (χ2n) is 9.80. The predicted octanol–water partition coefficient (Wildman–Crippen LogP) is 10.3. The van der Waals surface area contributed by atoms with Crippen molar-refractivity contribution in [2.75, 3.05) is 0 Å². The molecule has 0 amide bonds. The molecule has 0 fully saturated rings. The third-order valence-corrected chi connectivity index (χ3v) is 6.86. The minimum absolute atomic E-state index is 0.504. The molecule has 2 nitrogen and oxygen atoms in total. The Morgan fingerprint density at radius 1 is 0.725 bits per heavy atom. The molecule has 0 bridgehead atoms. The van der Waals surface area contributed by atoms with Gasteiger partial charge in [-0.25, -0.2) is 0 Å². The highest BCUT2D eigenvalue weighted by molar-refractivity contribution is 6.19. The van der Waals surface area contributed by atoms with E-state index >= 15 is 0 Å². The van der Waals surface area contributed by atoms with Gasteiger partial charge in [-0.2, -0.15) is 0 Å². The lowest BCUT2D eigenvalue weighted by molar-refractivity contribution is 1.50. The van der Waals surface area contributed by atoms with Gasteiger partial charge in [-0.1, -0.05) is 116 Å². The number of rotatable bonds is 5. The Labute approximate surface area is 236 Å². The van der Waals surface area contributed by atoms with Gasteiger partial charge in [0, 0.05) is 17.6 Å². The molecule has 1 N–H and O–H groups in total. The lowest BCUT2D eigenvalue weighted by Gasteiger charge is -2.18. The van der Waals surface area contributed by atoms with Gasteiger partial charge in [-0.15, -0.1) is 0 Å². The van der Waals surface area contributed by atoms with Crippen LogP contribution in [-0.2, 0) is 0 Å². The van der Waals surface area contributed by atoms with E-state index in [0.717, 1.165) is 28.0 Å². The second-order valence-corrected chi connectivity index (χ2v) is 9.80. The van der Waals surface area contributed by atoms with E-state index in [0.29, 0.717) is 5.71 Å². The van der Waals surface area contributed by atoms with Crippen molar-refractivity contribution in [2.24, 2.45) is 4.99 Å². The zero-order chi connectivity index (χ0) is 27.9. The Morgan fingerprint density at radius 3 is 2.05 bits per heavy atom. The first-order chi connectivity index (χ1) is 19.5. The maximum absolute atomic E-state index is 7.74. The smallest absolute Gasteiger partial charge is 0.0372 e. The van der Waals surface area contributed by atoms with Crippen molar-refractivity contribution >= 4 is 44.1 Å². The number of benzene rings is 4. The van der Waals surface area contributed by atoms with Crippen molar-refractivity contribution in [1.29, 1.82) is 5.41 Å². The first-order valence-corrected chi connectivity index (χ1v) is 13.4. The average Bonchev–Trinajstić information content (AvgIpc) is 2.96. The van der Waals surface area contributed by atoms with Crippen LogP contribution in [0.3, 0.4) is 0 Å². The average molecular weight is 517 g/mol. The zero-order valence-corrected chi connectivity index (χ0v) is 22.9. The number of nitrogens with one attached hydrogen (secondary N) is 1. The standard InChI is InChI=1S/C38H32N2/c1-27(23-24-28(2)39)31-17-13-18-32(26-31)38-35-21-9-7-19-33(35)37(34-20-8-10-22-36(34)38)30-15-6-4-5-11-25-40-29(3)14-12-16-30/h4-26,39H,1H2,2-3H3/b5-4+,6-4?,11-5?,14-12-,15-6-,16-12?,24-23-,25-11+,29-14?,30-15?,30-16+,39-28?,40-25?,40-29-. The molecule has 194 valence electrons. The zero-order valence-electron chi connectivity index (χ0n) is 22.9. The largest absolute Gasteiger partial charge is 0.306 e. The molecule has 0 aromatic heterocycles. The molecule has 5 rings (SSSR count). The highest BCUT2D eigenvalue weighted by Crippen LogP contribution is 2.42. The van der Waals surface area contributed by atoms with E-state index in [4.69, 9.17) is 5.41 Å². The van der Waals surface area contributed by atoms with Gasteiger partial charge >= 0.3 is 0 Å². The van der Waals surface area contributed by atoms with Crippen LogP contribution in [0, 0.1) is 5.41 Å². The van der Waals surface area contributed by atoms with Crippen molar-refractivity contribution in [3.8, 4) is 11.1 Å². The fourth-order valence-electron chi connectivity index (χ4n) is 5.00. The van der Waals surface area contributed by atoms with Crippen LogP contribution < -0.4 is 0 Å². The summed E-state index contributed by atoms with van der Waals surface area (Å²) < 4.78 is 0. The maximum atomic E-state index is 7.74. The summed E-state index contributed by atoms with van der Waals surface area (Å²) in [5.74, 6) is 0. The summed E-state index contributed by atoms with van der Waals surface area (Å²) in [5, 5.41) is 12.5. The van der Waals surface area contributed by atoms with Gasteiger partial charge in [0.25, 0.3) is 0 Å². The molecule has 1 aliphatic rings. The minimum Gasteiger partial charge on any atom is -0.306 e. The fraction of sp³-hybridized carbons (Fsp3) is 0.0526. The molecule has 40 heavy (non-hydrogen) atoms. The van der Waals surface area contributed by atoms with Crippen LogP contribution in [0.15, 0.2) is 151 Å².